The Hall–Kier alpha value is -3.27. The maximum Gasteiger partial charge on any atom is 0.256 e. The van der Waals surface area contributed by atoms with Crippen molar-refractivity contribution < 1.29 is 9.53 Å². The first-order chi connectivity index (χ1) is 16.1. The molecule has 33 heavy (non-hydrogen) atoms. The first-order valence-corrected chi connectivity index (χ1v) is 11.1. The van der Waals surface area contributed by atoms with E-state index in [1.807, 2.05) is 18.2 Å². The number of ether oxygens (including phenoxy) is 1. The van der Waals surface area contributed by atoms with Crippen molar-refractivity contribution in [3.05, 3.63) is 82.4 Å². The number of rotatable bonds is 5. The van der Waals surface area contributed by atoms with E-state index in [2.05, 4.69) is 20.4 Å². The zero-order chi connectivity index (χ0) is 22.8. The number of para-hydroxylation sites is 1. The Morgan fingerprint density at radius 2 is 1.70 bits per heavy atom. The summed E-state index contributed by atoms with van der Waals surface area (Å²) >= 11 is 12.9. The third kappa shape index (κ3) is 4.35. The van der Waals surface area contributed by atoms with Crippen LogP contribution in [0, 0.1) is 0 Å². The summed E-state index contributed by atoms with van der Waals surface area (Å²) in [5.41, 5.74) is 2.53. The second kappa shape index (κ2) is 9.30. The normalized spacial score (nSPS) is 16.2. The summed E-state index contributed by atoms with van der Waals surface area (Å²) in [4.78, 5) is 18.4. The van der Waals surface area contributed by atoms with Gasteiger partial charge in [0.15, 0.2) is 0 Å². The van der Waals surface area contributed by atoms with Crippen molar-refractivity contribution in [2.24, 2.45) is 0 Å². The fourth-order valence-electron chi connectivity index (χ4n) is 3.91. The van der Waals surface area contributed by atoms with Crippen molar-refractivity contribution in [1.29, 1.82) is 0 Å². The predicted octanol–water partition coefficient (Wildman–Crippen LogP) is 3.24. The Balaban J connectivity index is 1.46. The molecule has 1 saturated heterocycles. The summed E-state index contributed by atoms with van der Waals surface area (Å²) in [6.07, 6.45) is 6.81. The summed E-state index contributed by atoms with van der Waals surface area (Å²) in [5.74, 6) is -0.167. The fraction of sp³-hybridized carbons (Fsp3) is 0.227. The molecule has 1 aliphatic heterocycles. The standard InChI is InChI=1S/C22H19Cl2N7O2/c23-19-5-4-16(30-25-6-7-26-30)12-15(19)13-17-14-33-11-10-29(17)22(32)18-2-1-3-20(24)21(18)31-27-8-9-28-31/h1-9,12,17H,10-11,13-14H2. The molecule has 1 amide bonds. The second-order valence-corrected chi connectivity index (χ2v) is 8.29. The molecule has 0 saturated carbocycles. The van der Waals surface area contributed by atoms with E-state index in [9.17, 15) is 4.79 Å². The number of halogens is 2. The Morgan fingerprint density at radius 3 is 2.45 bits per heavy atom. The molecule has 168 valence electrons. The van der Waals surface area contributed by atoms with Gasteiger partial charge in [-0.2, -0.15) is 25.2 Å². The number of hydrogen-bond donors (Lipinski definition) is 0. The van der Waals surface area contributed by atoms with E-state index < -0.39 is 0 Å². The van der Waals surface area contributed by atoms with Crippen LogP contribution in [0.4, 0.5) is 0 Å². The van der Waals surface area contributed by atoms with E-state index >= 15 is 0 Å². The van der Waals surface area contributed by atoms with E-state index in [0.29, 0.717) is 47.5 Å². The molecule has 2 aromatic carbocycles. The molecule has 0 radical (unpaired) electrons. The van der Waals surface area contributed by atoms with E-state index in [1.54, 1.807) is 47.9 Å². The molecule has 1 atom stereocenters. The predicted molar refractivity (Wildman–Crippen MR) is 122 cm³/mol. The number of carbonyl (C=O) groups excluding carboxylic acids is 1. The van der Waals surface area contributed by atoms with Gasteiger partial charge in [-0.1, -0.05) is 29.3 Å². The van der Waals surface area contributed by atoms with Crippen LogP contribution < -0.4 is 0 Å². The van der Waals surface area contributed by atoms with Gasteiger partial charge in [-0.05, 0) is 42.3 Å². The smallest absolute Gasteiger partial charge is 0.256 e. The molecule has 5 rings (SSSR count). The molecule has 4 aromatic rings. The molecule has 1 unspecified atom stereocenters. The topological polar surface area (TPSA) is 91.0 Å². The Bertz CT molecular complexity index is 1260. The largest absolute Gasteiger partial charge is 0.377 e. The molecule has 0 bridgehead atoms. The SMILES string of the molecule is O=C(c1cccc(Cl)c1-n1nccn1)N1CCOCC1Cc1cc(-n2nccn2)ccc1Cl. The summed E-state index contributed by atoms with van der Waals surface area (Å²) < 4.78 is 5.72. The van der Waals surface area contributed by atoms with Crippen LogP contribution in [0.1, 0.15) is 15.9 Å². The zero-order valence-electron chi connectivity index (χ0n) is 17.4. The summed E-state index contributed by atoms with van der Waals surface area (Å²) in [5, 5.41) is 17.7. The number of hydrogen-bond acceptors (Lipinski definition) is 6. The van der Waals surface area contributed by atoms with Crippen molar-refractivity contribution in [2.45, 2.75) is 12.5 Å². The number of carbonyl (C=O) groups is 1. The first kappa shape index (κ1) is 21.6. The van der Waals surface area contributed by atoms with Crippen LogP contribution >= 0.6 is 23.2 Å². The Kier molecular flexibility index (Phi) is 6.08. The van der Waals surface area contributed by atoms with Gasteiger partial charge in [0, 0.05) is 11.6 Å². The van der Waals surface area contributed by atoms with Gasteiger partial charge in [0.1, 0.15) is 5.69 Å². The molecule has 9 nitrogen and oxygen atoms in total. The van der Waals surface area contributed by atoms with Crippen molar-refractivity contribution in [3.8, 4) is 11.4 Å². The lowest BCUT2D eigenvalue weighted by Crippen LogP contribution is -2.50. The van der Waals surface area contributed by atoms with Gasteiger partial charge in [-0.25, -0.2) is 0 Å². The van der Waals surface area contributed by atoms with Crippen LogP contribution in [0.2, 0.25) is 10.0 Å². The molecule has 1 fully saturated rings. The molecule has 11 heteroatoms. The number of nitrogens with zero attached hydrogens (tertiary/aromatic N) is 7. The van der Waals surface area contributed by atoms with E-state index in [0.717, 1.165) is 11.3 Å². The quantitative estimate of drug-likeness (QED) is 0.432. The van der Waals surface area contributed by atoms with Gasteiger partial charge in [0.05, 0.1) is 60.3 Å². The van der Waals surface area contributed by atoms with Gasteiger partial charge < -0.3 is 9.64 Å². The van der Waals surface area contributed by atoms with Crippen LogP contribution in [0.3, 0.4) is 0 Å². The van der Waals surface area contributed by atoms with Gasteiger partial charge in [-0.3, -0.25) is 4.79 Å². The van der Waals surface area contributed by atoms with E-state index in [-0.39, 0.29) is 11.9 Å². The van der Waals surface area contributed by atoms with Crippen LogP contribution in [-0.4, -0.2) is 66.6 Å². The highest BCUT2D eigenvalue weighted by Crippen LogP contribution is 2.28. The second-order valence-electron chi connectivity index (χ2n) is 7.48. The fourth-order valence-corrected chi connectivity index (χ4v) is 4.36. The lowest BCUT2D eigenvalue weighted by molar-refractivity contribution is -0.00164. The Labute approximate surface area is 199 Å². The molecular weight excluding hydrogens is 465 g/mol. The molecule has 1 aliphatic rings. The summed E-state index contributed by atoms with van der Waals surface area (Å²) in [7, 11) is 0. The van der Waals surface area contributed by atoms with Crippen molar-refractivity contribution in [3.63, 3.8) is 0 Å². The highest BCUT2D eigenvalue weighted by atomic mass is 35.5. The average Bonchev–Trinajstić information content (AvgIpc) is 3.55. The lowest BCUT2D eigenvalue weighted by atomic mass is 10.0. The first-order valence-electron chi connectivity index (χ1n) is 10.3. The highest BCUT2D eigenvalue weighted by Gasteiger charge is 2.31. The van der Waals surface area contributed by atoms with Crippen molar-refractivity contribution in [1.82, 2.24) is 34.9 Å². The van der Waals surface area contributed by atoms with Gasteiger partial charge in [0.25, 0.3) is 5.91 Å². The van der Waals surface area contributed by atoms with Crippen LogP contribution in [0.15, 0.2) is 61.2 Å². The van der Waals surface area contributed by atoms with Gasteiger partial charge in [-0.15, -0.1) is 4.80 Å². The molecule has 2 aromatic heterocycles. The Morgan fingerprint density at radius 1 is 0.970 bits per heavy atom. The number of aromatic nitrogens is 6. The lowest BCUT2D eigenvalue weighted by Gasteiger charge is -2.36. The van der Waals surface area contributed by atoms with E-state index in [1.165, 1.54) is 9.59 Å². The number of benzene rings is 2. The third-order valence-electron chi connectivity index (χ3n) is 5.46. The van der Waals surface area contributed by atoms with Gasteiger partial charge in [0.2, 0.25) is 0 Å². The van der Waals surface area contributed by atoms with Crippen LogP contribution in [-0.2, 0) is 11.2 Å². The summed E-state index contributed by atoms with van der Waals surface area (Å²) in [6, 6.07) is 10.6. The minimum absolute atomic E-state index is 0.167. The highest BCUT2D eigenvalue weighted by molar-refractivity contribution is 6.33. The average molecular weight is 484 g/mol. The number of amides is 1. The van der Waals surface area contributed by atoms with Crippen LogP contribution in [0.25, 0.3) is 11.4 Å². The molecular formula is C22H19Cl2N7O2. The third-order valence-corrected chi connectivity index (χ3v) is 6.13. The maximum absolute atomic E-state index is 13.7. The molecule has 3 heterocycles. The molecule has 0 aliphatic carbocycles. The molecule has 0 spiro atoms. The zero-order valence-corrected chi connectivity index (χ0v) is 18.9. The minimum Gasteiger partial charge on any atom is -0.377 e. The van der Waals surface area contributed by atoms with Crippen LogP contribution in [0.5, 0.6) is 0 Å². The number of morpholine rings is 1. The maximum atomic E-state index is 13.7. The molecule has 0 N–H and O–H groups in total. The van der Waals surface area contributed by atoms with Crippen molar-refractivity contribution >= 4 is 29.1 Å². The summed E-state index contributed by atoms with van der Waals surface area (Å²) in [6.45, 7) is 1.28. The monoisotopic (exact) mass is 483 g/mol. The van der Waals surface area contributed by atoms with E-state index in [4.69, 9.17) is 27.9 Å². The van der Waals surface area contributed by atoms with Gasteiger partial charge >= 0.3 is 0 Å². The van der Waals surface area contributed by atoms with Crippen molar-refractivity contribution in [2.75, 3.05) is 19.8 Å². The minimum atomic E-state index is -0.220.